The van der Waals surface area contributed by atoms with E-state index in [1.54, 1.807) is 12.1 Å². The SMILES string of the molecule is N#C/C(C(N)=S)=C(/N)Cc1ccc(Cl)cc1. The van der Waals surface area contributed by atoms with E-state index in [0.717, 1.165) is 5.56 Å². The van der Waals surface area contributed by atoms with Crippen molar-refractivity contribution in [2.45, 2.75) is 6.42 Å². The van der Waals surface area contributed by atoms with Crippen molar-refractivity contribution in [2.75, 3.05) is 0 Å². The molecule has 0 aromatic heterocycles. The van der Waals surface area contributed by atoms with Crippen molar-refractivity contribution >= 4 is 28.8 Å². The van der Waals surface area contributed by atoms with Gasteiger partial charge in [-0.15, -0.1) is 0 Å². The minimum absolute atomic E-state index is 0.0222. The summed E-state index contributed by atoms with van der Waals surface area (Å²) in [4.78, 5) is 0.0222. The molecule has 16 heavy (non-hydrogen) atoms. The average molecular weight is 252 g/mol. The molecule has 4 N–H and O–H groups in total. The molecule has 5 heteroatoms. The lowest BCUT2D eigenvalue weighted by Gasteiger charge is -2.04. The predicted molar refractivity (Wildman–Crippen MR) is 68.8 cm³/mol. The van der Waals surface area contributed by atoms with Gasteiger partial charge in [0.15, 0.2) is 0 Å². The number of allylic oxidation sites excluding steroid dienone is 1. The van der Waals surface area contributed by atoms with Gasteiger partial charge in [0.2, 0.25) is 0 Å². The molecular weight excluding hydrogens is 242 g/mol. The molecule has 3 nitrogen and oxygen atoms in total. The maximum Gasteiger partial charge on any atom is 0.116 e. The van der Waals surface area contributed by atoms with Crippen molar-refractivity contribution in [1.29, 1.82) is 5.26 Å². The molecule has 0 spiro atoms. The van der Waals surface area contributed by atoms with Crippen LogP contribution in [0, 0.1) is 11.3 Å². The molecule has 0 atom stereocenters. The lowest BCUT2D eigenvalue weighted by Crippen LogP contribution is -2.17. The summed E-state index contributed by atoms with van der Waals surface area (Å²) in [6.07, 6.45) is 0.428. The van der Waals surface area contributed by atoms with Gasteiger partial charge in [-0.1, -0.05) is 36.0 Å². The Labute approximate surface area is 104 Å². The molecule has 1 aromatic carbocycles. The van der Waals surface area contributed by atoms with Crippen LogP contribution in [0.15, 0.2) is 35.5 Å². The first-order valence-corrected chi connectivity index (χ1v) is 5.26. The molecule has 0 aliphatic rings. The standard InChI is InChI=1S/C11H10ClN3S/c12-8-3-1-7(2-4-8)5-10(14)9(6-13)11(15)16/h1-4H,5,14H2,(H2,15,16)/b10-9-. The number of halogens is 1. The van der Waals surface area contributed by atoms with E-state index in [1.807, 2.05) is 18.2 Å². The summed E-state index contributed by atoms with van der Waals surface area (Å²) >= 11 is 10.5. The highest BCUT2D eigenvalue weighted by Gasteiger charge is 2.06. The number of nitrogens with zero attached hydrogens (tertiary/aromatic N) is 1. The fourth-order valence-electron chi connectivity index (χ4n) is 1.20. The van der Waals surface area contributed by atoms with Crippen molar-refractivity contribution in [3.8, 4) is 6.07 Å². The molecular formula is C11H10ClN3S. The fourth-order valence-corrected chi connectivity index (χ4v) is 1.50. The second-order valence-corrected chi connectivity index (χ2v) is 4.06. The van der Waals surface area contributed by atoms with E-state index in [-0.39, 0.29) is 10.6 Å². The third-order valence-electron chi connectivity index (χ3n) is 1.99. The molecule has 0 unspecified atom stereocenters. The number of rotatable bonds is 3. The smallest absolute Gasteiger partial charge is 0.116 e. The zero-order chi connectivity index (χ0) is 12.1. The van der Waals surface area contributed by atoms with Gasteiger partial charge in [-0.25, -0.2) is 0 Å². The predicted octanol–water partition coefficient (Wildman–Crippen LogP) is 1.90. The average Bonchev–Trinajstić information content (AvgIpc) is 2.22. The van der Waals surface area contributed by atoms with Gasteiger partial charge in [-0.3, -0.25) is 0 Å². The van der Waals surface area contributed by atoms with Crippen molar-refractivity contribution in [3.05, 3.63) is 46.1 Å². The van der Waals surface area contributed by atoms with Crippen LogP contribution < -0.4 is 11.5 Å². The van der Waals surface area contributed by atoms with Gasteiger partial charge >= 0.3 is 0 Å². The monoisotopic (exact) mass is 251 g/mol. The van der Waals surface area contributed by atoms with Crippen LogP contribution in [0.3, 0.4) is 0 Å². The van der Waals surface area contributed by atoms with Crippen LogP contribution in [-0.2, 0) is 6.42 Å². The van der Waals surface area contributed by atoms with Gasteiger partial charge in [-0.2, -0.15) is 5.26 Å². The normalized spacial score (nSPS) is 11.5. The molecule has 0 amide bonds. The summed E-state index contributed by atoms with van der Waals surface area (Å²) in [7, 11) is 0. The minimum atomic E-state index is 0.0222. The van der Waals surface area contributed by atoms with E-state index < -0.39 is 0 Å². The second-order valence-electron chi connectivity index (χ2n) is 3.18. The Kier molecular flexibility index (Phi) is 4.29. The molecule has 0 saturated heterocycles. The molecule has 0 aliphatic heterocycles. The van der Waals surface area contributed by atoms with Crippen LogP contribution in [0.25, 0.3) is 0 Å². The molecule has 0 saturated carbocycles. The molecule has 82 valence electrons. The van der Waals surface area contributed by atoms with Crippen LogP contribution in [0.5, 0.6) is 0 Å². The van der Waals surface area contributed by atoms with E-state index in [4.69, 9.17) is 40.5 Å². The zero-order valence-electron chi connectivity index (χ0n) is 8.40. The maximum atomic E-state index is 8.81. The summed E-state index contributed by atoms with van der Waals surface area (Å²) in [6, 6.07) is 9.09. The highest BCUT2D eigenvalue weighted by atomic mass is 35.5. The van der Waals surface area contributed by atoms with Gasteiger partial charge < -0.3 is 11.5 Å². The van der Waals surface area contributed by atoms with Crippen LogP contribution in [-0.4, -0.2) is 4.99 Å². The fraction of sp³-hybridized carbons (Fsp3) is 0.0909. The maximum absolute atomic E-state index is 8.81. The largest absolute Gasteiger partial charge is 0.401 e. The molecule has 0 aliphatic carbocycles. The third kappa shape index (κ3) is 3.23. The Morgan fingerprint density at radius 1 is 1.31 bits per heavy atom. The van der Waals surface area contributed by atoms with Crippen molar-refractivity contribution in [2.24, 2.45) is 11.5 Å². The van der Waals surface area contributed by atoms with Crippen molar-refractivity contribution < 1.29 is 0 Å². The molecule has 0 bridgehead atoms. The van der Waals surface area contributed by atoms with E-state index in [2.05, 4.69) is 0 Å². The lowest BCUT2D eigenvalue weighted by molar-refractivity contribution is 1.10. The van der Waals surface area contributed by atoms with Crippen LogP contribution in [0.4, 0.5) is 0 Å². The van der Waals surface area contributed by atoms with Gasteiger partial charge in [0.1, 0.15) is 16.6 Å². The number of nitriles is 1. The van der Waals surface area contributed by atoms with Gasteiger partial charge in [-0.05, 0) is 17.7 Å². The molecule has 1 rings (SSSR count). The summed E-state index contributed by atoms with van der Waals surface area (Å²) in [5, 5.41) is 9.47. The summed E-state index contributed by atoms with van der Waals surface area (Å²) in [5.74, 6) is 0. The first kappa shape index (κ1) is 12.5. The minimum Gasteiger partial charge on any atom is -0.401 e. The Hall–Kier alpha value is -1.57. The third-order valence-corrected chi connectivity index (χ3v) is 2.44. The van der Waals surface area contributed by atoms with E-state index >= 15 is 0 Å². The van der Waals surface area contributed by atoms with E-state index in [1.165, 1.54) is 0 Å². The van der Waals surface area contributed by atoms with Gasteiger partial charge in [0, 0.05) is 17.1 Å². The highest BCUT2D eigenvalue weighted by Crippen LogP contribution is 2.13. The van der Waals surface area contributed by atoms with Crippen molar-refractivity contribution in [1.82, 2.24) is 0 Å². The Bertz CT molecular complexity index is 471. The Morgan fingerprint density at radius 3 is 2.31 bits per heavy atom. The van der Waals surface area contributed by atoms with Gasteiger partial charge in [0.25, 0.3) is 0 Å². The van der Waals surface area contributed by atoms with Crippen LogP contribution in [0.2, 0.25) is 5.02 Å². The zero-order valence-corrected chi connectivity index (χ0v) is 9.98. The number of thiocarbonyl (C=S) groups is 1. The molecule has 0 heterocycles. The number of nitrogens with two attached hydrogens (primary N) is 2. The Balaban J connectivity index is 2.93. The molecule has 0 radical (unpaired) electrons. The van der Waals surface area contributed by atoms with Crippen LogP contribution in [0.1, 0.15) is 5.56 Å². The van der Waals surface area contributed by atoms with E-state index in [0.29, 0.717) is 17.1 Å². The highest BCUT2D eigenvalue weighted by molar-refractivity contribution is 7.80. The Morgan fingerprint density at radius 2 is 1.88 bits per heavy atom. The topological polar surface area (TPSA) is 75.8 Å². The van der Waals surface area contributed by atoms with Crippen molar-refractivity contribution in [3.63, 3.8) is 0 Å². The second kappa shape index (κ2) is 5.50. The van der Waals surface area contributed by atoms with Crippen LogP contribution >= 0.6 is 23.8 Å². The van der Waals surface area contributed by atoms with Gasteiger partial charge in [0.05, 0.1) is 0 Å². The summed E-state index contributed by atoms with van der Waals surface area (Å²) < 4.78 is 0. The summed E-state index contributed by atoms with van der Waals surface area (Å²) in [5.41, 5.74) is 12.6. The molecule has 1 aromatic rings. The number of hydrogen-bond acceptors (Lipinski definition) is 3. The van der Waals surface area contributed by atoms with E-state index in [9.17, 15) is 0 Å². The first-order chi connectivity index (χ1) is 7.54. The first-order valence-electron chi connectivity index (χ1n) is 4.47. The quantitative estimate of drug-likeness (QED) is 0.489. The number of benzene rings is 1. The molecule has 0 fully saturated rings. The number of hydrogen-bond donors (Lipinski definition) is 2. The lowest BCUT2D eigenvalue weighted by atomic mass is 10.1. The summed E-state index contributed by atoms with van der Waals surface area (Å²) in [6.45, 7) is 0.